The van der Waals surface area contributed by atoms with Crippen LogP contribution in [-0.4, -0.2) is 53.5 Å². The van der Waals surface area contributed by atoms with Crippen LogP contribution >= 0.6 is 0 Å². The summed E-state index contributed by atoms with van der Waals surface area (Å²) in [7, 11) is 1.75. The maximum Gasteiger partial charge on any atom is 0.410 e. The molecule has 1 saturated heterocycles. The first-order chi connectivity index (χ1) is 20.0. The van der Waals surface area contributed by atoms with Gasteiger partial charge in [0.15, 0.2) is 11.5 Å². The Morgan fingerprint density at radius 1 is 0.976 bits per heavy atom. The van der Waals surface area contributed by atoms with Gasteiger partial charge in [0.25, 0.3) is 0 Å². The molecule has 1 amide bonds. The maximum atomic E-state index is 14.6. The van der Waals surface area contributed by atoms with Crippen molar-refractivity contribution in [2.45, 2.75) is 56.5 Å². The molecule has 2 aliphatic carbocycles. The zero-order valence-electron chi connectivity index (χ0n) is 22.9. The molecular formula is C33H32N2O6. The van der Waals surface area contributed by atoms with Gasteiger partial charge in [-0.1, -0.05) is 66.7 Å². The Morgan fingerprint density at radius 2 is 1.66 bits per heavy atom. The molecule has 3 aromatic carbocycles. The van der Waals surface area contributed by atoms with Gasteiger partial charge < -0.3 is 24.2 Å². The minimum Gasteiger partial charge on any atom is -0.504 e. The first-order valence-corrected chi connectivity index (χ1v) is 14.2. The van der Waals surface area contributed by atoms with Gasteiger partial charge in [-0.15, -0.1) is 0 Å². The summed E-state index contributed by atoms with van der Waals surface area (Å²) >= 11 is 0. The molecule has 7 rings (SSSR count). The maximum absolute atomic E-state index is 14.6. The Labute approximate surface area is 238 Å². The molecule has 2 heterocycles. The third-order valence-electron chi connectivity index (χ3n) is 9.64. The number of benzene rings is 3. The van der Waals surface area contributed by atoms with E-state index in [-0.39, 0.29) is 24.9 Å². The summed E-state index contributed by atoms with van der Waals surface area (Å²) in [6.07, 6.45) is 0.887. The lowest BCUT2D eigenvalue weighted by molar-refractivity contribution is -0.181. The number of rotatable bonds is 5. The molecule has 0 aromatic heterocycles. The number of hydrogen-bond donors (Lipinski definition) is 1. The van der Waals surface area contributed by atoms with Crippen LogP contribution in [0.1, 0.15) is 41.5 Å². The number of hydrogen-bond acceptors (Lipinski definition) is 7. The minimum atomic E-state index is -1.10. The third-order valence-corrected chi connectivity index (χ3v) is 9.64. The third kappa shape index (κ3) is 3.62. The van der Waals surface area contributed by atoms with E-state index in [1.807, 2.05) is 66.7 Å². The van der Waals surface area contributed by atoms with Gasteiger partial charge in [0, 0.05) is 19.2 Å². The standard InChI is InChI=1S/C33H32N2O6/c1-34-24-14-15-32(30(37)39-19-21-8-4-2-5-9-21)26-18-23-12-13-25(36)28-27(23)33(32,29(24)41-28)16-17-35(26)31(38)40-20-22-10-6-3-7-11-22/h2-13,26,29,36H,14-20H2,1H3. The second kappa shape index (κ2) is 9.65. The van der Waals surface area contributed by atoms with Gasteiger partial charge >= 0.3 is 12.1 Å². The second-order valence-electron chi connectivity index (χ2n) is 11.4. The number of amides is 1. The summed E-state index contributed by atoms with van der Waals surface area (Å²) in [6, 6.07) is 22.2. The quantitative estimate of drug-likeness (QED) is 0.450. The van der Waals surface area contributed by atoms with Crippen LogP contribution < -0.4 is 4.74 Å². The van der Waals surface area contributed by atoms with Crippen molar-refractivity contribution in [1.82, 2.24) is 4.90 Å². The smallest absolute Gasteiger partial charge is 0.410 e. The van der Waals surface area contributed by atoms with E-state index >= 15 is 0 Å². The molecular weight excluding hydrogens is 520 g/mol. The molecule has 8 nitrogen and oxygen atoms in total. The average molecular weight is 553 g/mol. The summed E-state index contributed by atoms with van der Waals surface area (Å²) in [6.45, 7) is 0.659. The van der Waals surface area contributed by atoms with Gasteiger partial charge in [0.05, 0.1) is 17.2 Å². The van der Waals surface area contributed by atoms with Crippen molar-refractivity contribution in [2.24, 2.45) is 10.4 Å². The van der Waals surface area contributed by atoms with Crippen molar-refractivity contribution in [3.63, 3.8) is 0 Å². The lowest BCUT2D eigenvalue weighted by Crippen LogP contribution is -2.75. The fourth-order valence-corrected chi connectivity index (χ4v) is 7.91. The van der Waals surface area contributed by atoms with Crippen molar-refractivity contribution in [3.05, 3.63) is 95.1 Å². The number of carbonyl (C=O) groups is 2. The first kappa shape index (κ1) is 25.6. The molecule has 3 aromatic rings. The van der Waals surface area contributed by atoms with Gasteiger partial charge in [-0.3, -0.25) is 9.79 Å². The van der Waals surface area contributed by atoms with E-state index in [2.05, 4.69) is 4.99 Å². The number of carbonyl (C=O) groups excluding carboxylic acids is 2. The van der Waals surface area contributed by atoms with Crippen LogP contribution in [0.4, 0.5) is 4.79 Å². The molecule has 2 fully saturated rings. The number of aliphatic imine (C=N–C) groups is 1. The van der Waals surface area contributed by atoms with Crippen LogP contribution in [0.2, 0.25) is 0 Å². The van der Waals surface area contributed by atoms with Crippen LogP contribution in [-0.2, 0) is 39.3 Å². The lowest BCUT2D eigenvalue weighted by Gasteiger charge is -2.63. The average Bonchev–Trinajstić information content (AvgIpc) is 3.36. The zero-order valence-corrected chi connectivity index (χ0v) is 22.9. The molecule has 210 valence electrons. The highest BCUT2D eigenvalue weighted by molar-refractivity contribution is 5.98. The summed E-state index contributed by atoms with van der Waals surface area (Å²) < 4.78 is 18.5. The number of aromatic hydroxyl groups is 1. The van der Waals surface area contributed by atoms with Crippen molar-refractivity contribution in [2.75, 3.05) is 13.6 Å². The van der Waals surface area contributed by atoms with E-state index < -0.39 is 29.1 Å². The zero-order chi connectivity index (χ0) is 28.2. The lowest BCUT2D eigenvalue weighted by atomic mass is 9.43. The highest BCUT2D eigenvalue weighted by Crippen LogP contribution is 2.69. The summed E-state index contributed by atoms with van der Waals surface area (Å²) in [5.74, 6) is 0.129. The minimum absolute atomic E-state index is 0.0534. The molecule has 4 aliphatic rings. The monoisotopic (exact) mass is 552 g/mol. The number of esters is 1. The van der Waals surface area contributed by atoms with E-state index in [0.29, 0.717) is 38.0 Å². The summed E-state index contributed by atoms with van der Waals surface area (Å²) in [5.41, 5.74) is 2.56. The van der Waals surface area contributed by atoms with Gasteiger partial charge in [-0.2, -0.15) is 0 Å². The molecule has 1 N–H and O–H groups in total. The second-order valence-corrected chi connectivity index (χ2v) is 11.4. The predicted octanol–water partition coefficient (Wildman–Crippen LogP) is 4.95. The van der Waals surface area contributed by atoms with Crippen molar-refractivity contribution in [3.8, 4) is 11.5 Å². The van der Waals surface area contributed by atoms with Crippen LogP contribution in [0.25, 0.3) is 0 Å². The van der Waals surface area contributed by atoms with E-state index in [0.717, 1.165) is 28.0 Å². The van der Waals surface area contributed by atoms with Crippen LogP contribution in [0.3, 0.4) is 0 Å². The number of nitrogens with zero attached hydrogens (tertiary/aromatic N) is 2. The fraction of sp³-hybridized carbons (Fsp3) is 0.364. The summed E-state index contributed by atoms with van der Waals surface area (Å²) in [5, 5.41) is 10.9. The molecule has 41 heavy (non-hydrogen) atoms. The summed E-state index contributed by atoms with van der Waals surface area (Å²) in [4.78, 5) is 34.6. The molecule has 8 heteroatoms. The molecule has 2 bridgehead atoms. The van der Waals surface area contributed by atoms with Crippen LogP contribution in [0.5, 0.6) is 11.5 Å². The van der Waals surface area contributed by atoms with Gasteiger partial charge in [0.2, 0.25) is 0 Å². The number of phenolic OH excluding ortho intramolecular Hbond substituents is 1. The predicted molar refractivity (Wildman–Crippen MR) is 151 cm³/mol. The van der Waals surface area contributed by atoms with E-state index in [1.54, 1.807) is 18.0 Å². The number of likely N-dealkylation sites (tertiary alicyclic amines) is 1. The van der Waals surface area contributed by atoms with Gasteiger partial charge in [-0.05, 0) is 48.4 Å². The van der Waals surface area contributed by atoms with Crippen LogP contribution in [0, 0.1) is 5.41 Å². The number of piperidine rings is 1. The topological polar surface area (TPSA) is 97.7 Å². The largest absolute Gasteiger partial charge is 0.504 e. The molecule has 4 atom stereocenters. The molecule has 2 aliphatic heterocycles. The molecule has 1 spiro atoms. The Bertz CT molecular complexity index is 1540. The number of phenols is 1. The SMILES string of the molecule is CN=C1CCC2(C(=O)OCc3ccccc3)C3Cc4ccc(O)c5c4C2(CCN3C(=O)OCc2ccccc2)C1O5. The highest BCUT2D eigenvalue weighted by Gasteiger charge is 2.76. The molecule has 1 saturated carbocycles. The van der Waals surface area contributed by atoms with Crippen molar-refractivity contribution < 1.29 is 28.9 Å². The Hall–Kier alpha value is -4.33. The highest BCUT2D eigenvalue weighted by atomic mass is 16.6. The normalized spacial score (nSPS) is 28.0. The van der Waals surface area contributed by atoms with Gasteiger partial charge in [0.1, 0.15) is 24.7 Å². The van der Waals surface area contributed by atoms with Crippen molar-refractivity contribution in [1.29, 1.82) is 0 Å². The van der Waals surface area contributed by atoms with Crippen LogP contribution in [0.15, 0.2) is 77.8 Å². The molecule has 4 unspecified atom stereocenters. The van der Waals surface area contributed by atoms with E-state index in [9.17, 15) is 14.7 Å². The van der Waals surface area contributed by atoms with Gasteiger partial charge in [-0.25, -0.2) is 4.79 Å². The number of ether oxygens (including phenoxy) is 3. The fourth-order valence-electron chi connectivity index (χ4n) is 7.91. The van der Waals surface area contributed by atoms with E-state index in [4.69, 9.17) is 14.2 Å². The molecule has 0 radical (unpaired) electrons. The first-order valence-electron chi connectivity index (χ1n) is 14.2. The Morgan fingerprint density at radius 3 is 2.34 bits per heavy atom. The van der Waals surface area contributed by atoms with E-state index in [1.165, 1.54) is 0 Å². The van der Waals surface area contributed by atoms with Crippen molar-refractivity contribution >= 4 is 17.8 Å². The Kier molecular flexibility index (Phi) is 6.03. The Balaban J connectivity index is 1.32.